The molecular weight excluding hydrogens is 362 g/mol. The van der Waals surface area contributed by atoms with Gasteiger partial charge in [-0.1, -0.05) is 6.07 Å². The summed E-state index contributed by atoms with van der Waals surface area (Å²) in [5.41, 5.74) is 3.36. The van der Waals surface area contributed by atoms with Crippen LogP contribution < -0.4 is 15.5 Å². The van der Waals surface area contributed by atoms with Gasteiger partial charge >= 0.3 is 6.03 Å². The highest BCUT2D eigenvalue weighted by Crippen LogP contribution is 2.23. The normalized spacial score (nSPS) is 14.6. The summed E-state index contributed by atoms with van der Waals surface area (Å²) >= 11 is 1.65. The molecule has 144 valence electrons. The van der Waals surface area contributed by atoms with Gasteiger partial charge in [0.15, 0.2) is 5.13 Å². The number of carbonyl (C=O) groups is 2. The Morgan fingerprint density at radius 1 is 1.11 bits per heavy atom. The minimum Gasteiger partial charge on any atom is -0.346 e. The van der Waals surface area contributed by atoms with Crippen LogP contribution in [0.15, 0.2) is 23.6 Å². The van der Waals surface area contributed by atoms with Gasteiger partial charge in [0, 0.05) is 49.9 Å². The van der Waals surface area contributed by atoms with E-state index in [2.05, 4.69) is 25.9 Å². The van der Waals surface area contributed by atoms with Gasteiger partial charge in [-0.3, -0.25) is 4.79 Å². The minimum atomic E-state index is -0.138. The molecule has 0 radical (unpaired) electrons. The molecule has 0 spiro atoms. The molecule has 7 nitrogen and oxygen atoms in total. The Hall–Kier alpha value is -2.61. The van der Waals surface area contributed by atoms with E-state index in [-0.39, 0.29) is 11.9 Å². The molecule has 1 aliphatic rings. The van der Waals surface area contributed by atoms with Crippen molar-refractivity contribution in [1.82, 2.24) is 9.88 Å². The molecule has 1 aromatic heterocycles. The third kappa shape index (κ3) is 4.97. The average molecular weight is 388 g/mol. The highest BCUT2D eigenvalue weighted by molar-refractivity contribution is 7.13. The quantitative estimate of drug-likeness (QED) is 0.845. The van der Waals surface area contributed by atoms with E-state index in [0.717, 1.165) is 35.9 Å². The number of rotatable bonds is 3. The summed E-state index contributed by atoms with van der Waals surface area (Å²) in [4.78, 5) is 32.6. The lowest BCUT2D eigenvalue weighted by atomic mass is 10.2. The van der Waals surface area contributed by atoms with Crippen LogP contribution in [0.1, 0.15) is 24.6 Å². The standard InChI is InChI=1S/C19H25N5O2S/c1-13-5-6-16(21-15(3)25)11-17(13)22-18(26)23-7-4-8-24(10-9-23)19-20-14(2)12-27-19/h5-6,11-12H,4,7-10H2,1-3H3,(H,21,25)(H,22,26). The van der Waals surface area contributed by atoms with Crippen LogP contribution in [0.2, 0.25) is 0 Å². The Kier molecular flexibility index (Phi) is 5.95. The van der Waals surface area contributed by atoms with Crippen LogP contribution in [0, 0.1) is 13.8 Å². The van der Waals surface area contributed by atoms with Gasteiger partial charge in [-0.15, -0.1) is 11.3 Å². The predicted octanol–water partition coefficient (Wildman–Crippen LogP) is 3.46. The zero-order valence-corrected chi connectivity index (χ0v) is 16.7. The van der Waals surface area contributed by atoms with Gasteiger partial charge in [0.05, 0.1) is 5.69 Å². The second-order valence-corrected chi connectivity index (χ2v) is 7.58. The second kappa shape index (κ2) is 8.39. The molecule has 2 N–H and O–H groups in total. The number of thiazole rings is 1. The van der Waals surface area contributed by atoms with E-state index in [1.165, 1.54) is 6.92 Å². The van der Waals surface area contributed by atoms with Crippen molar-refractivity contribution in [2.45, 2.75) is 27.2 Å². The van der Waals surface area contributed by atoms with Gasteiger partial charge in [-0.2, -0.15) is 0 Å². The summed E-state index contributed by atoms with van der Waals surface area (Å²) in [5, 5.41) is 8.80. The second-order valence-electron chi connectivity index (χ2n) is 6.74. The van der Waals surface area contributed by atoms with Crippen molar-refractivity contribution in [3.05, 3.63) is 34.8 Å². The first-order valence-electron chi connectivity index (χ1n) is 9.03. The Morgan fingerprint density at radius 2 is 1.93 bits per heavy atom. The number of aryl methyl sites for hydroxylation is 2. The van der Waals surface area contributed by atoms with Crippen LogP contribution in [0.5, 0.6) is 0 Å². The first-order chi connectivity index (χ1) is 12.9. The van der Waals surface area contributed by atoms with Crippen LogP contribution >= 0.6 is 11.3 Å². The van der Waals surface area contributed by atoms with Crippen LogP contribution in [0.3, 0.4) is 0 Å². The molecule has 27 heavy (non-hydrogen) atoms. The van der Waals surface area contributed by atoms with Crippen molar-refractivity contribution in [3.63, 3.8) is 0 Å². The molecule has 2 heterocycles. The topological polar surface area (TPSA) is 77.6 Å². The van der Waals surface area contributed by atoms with Crippen molar-refractivity contribution < 1.29 is 9.59 Å². The van der Waals surface area contributed by atoms with Gasteiger partial charge in [0.25, 0.3) is 0 Å². The van der Waals surface area contributed by atoms with Gasteiger partial charge in [0.2, 0.25) is 5.91 Å². The van der Waals surface area contributed by atoms with E-state index in [9.17, 15) is 9.59 Å². The lowest BCUT2D eigenvalue weighted by Gasteiger charge is -2.22. The van der Waals surface area contributed by atoms with Crippen molar-refractivity contribution in [2.75, 3.05) is 41.7 Å². The molecule has 3 rings (SSSR count). The van der Waals surface area contributed by atoms with E-state index < -0.39 is 0 Å². The number of aromatic nitrogens is 1. The fourth-order valence-electron chi connectivity index (χ4n) is 3.03. The Bertz CT molecular complexity index is 835. The van der Waals surface area contributed by atoms with Crippen LogP contribution in [0.25, 0.3) is 0 Å². The molecule has 0 bridgehead atoms. The summed E-state index contributed by atoms with van der Waals surface area (Å²) in [7, 11) is 0. The summed E-state index contributed by atoms with van der Waals surface area (Å²) in [6.07, 6.45) is 0.900. The summed E-state index contributed by atoms with van der Waals surface area (Å²) < 4.78 is 0. The molecule has 8 heteroatoms. The third-order valence-electron chi connectivity index (χ3n) is 4.46. The van der Waals surface area contributed by atoms with E-state index in [4.69, 9.17) is 0 Å². The lowest BCUT2D eigenvalue weighted by molar-refractivity contribution is -0.114. The number of benzene rings is 1. The number of nitrogens with one attached hydrogen (secondary N) is 2. The van der Waals surface area contributed by atoms with E-state index in [1.807, 2.05) is 30.9 Å². The van der Waals surface area contributed by atoms with Crippen molar-refractivity contribution in [2.24, 2.45) is 0 Å². The Balaban J connectivity index is 1.63. The fraction of sp³-hybridized carbons (Fsp3) is 0.421. The number of hydrogen-bond acceptors (Lipinski definition) is 5. The van der Waals surface area contributed by atoms with E-state index in [1.54, 1.807) is 17.4 Å². The SMILES string of the molecule is CC(=O)Nc1ccc(C)c(NC(=O)N2CCCN(c3nc(C)cs3)CC2)c1. The lowest BCUT2D eigenvalue weighted by Crippen LogP contribution is -2.38. The molecule has 0 aliphatic carbocycles. The van der Waals surface area contributed by atoms with Gasteiger partial charge in [-0.25, -0.2) is 9.78 Å². The Morgan fingerprint density at radius 3 is 2.63 bits per heavy atom. The number of carbonyl (C=O) groups excluding carboxylic acids is 2. The number of amides is 3. The first-order valence-corrected chi connectivity index (χ1v) is 9.91. The molecule has 0 atom stereocenters. The van der Waals surface area contributed by atoms with Gasteiger partial charge in [-0.05, 0) is 38.0 Å². The molecule has 2 aromatic rings. The maximum Gasteiger partial charge on any atom is 0.321 e. The fourth-order valence-corrected chi connectivity index (χ4v) is 3.89. The molecule has 1 aromatic carbocycles. The molecular formula is C19H25N5O2S. The van der Waals surface area contributed by atoms with Crippen LogP contribution in [-0.4, -0.2) is 48.0 Å². The summed E-state index contributed by atoms with van der Waals surface area (Å²) in [6.45, 7) is 8.41. The predicted molar refractivity (Wildman–Crippen MR) is 110 cm³/mol. The average Bonchev–Trinajstić information content (AvgIpc) is 2.90. The number of anilines is 3. The van der Waals surface area contributed by atoms with Crippen LogP contribution in [0.4, 0.5) is 21.3 Å². The summed E-state index contributed by atoms with van der Waals surface area (Å²) in [6, 6.07) is 5.38. The molecule has 1 aliphatic heterocycles. The molecule has 1 saturated heterocycles. The highest BCUT2D eigenvalue weighted by atomic mass is 32.1. The maximum atomic E-state index is 12.7. The van der Waals surface area contributed by atoms with E-state index in [0.29, 0.717) is 24.5 Å². The molecule has 1 fully saturated rings. The highest BCUT2D eigenvalue weighted by Gasteiger charge is 2.21. The number of urea groups is 1. The van der Waals surface area contributed by atoms with Crippen molar-refractivity contribution >= 4 is 39.8 Å². The zero-order chi connectivity index (χ0) is 19.4. The summed E-state index contributed by atoms with van der Waals surface area (Å²) in [5.74, 6) is -0.138. The number of hydrogen-bond donors (Lipinski definition) is 2. The zero-order valence-electron chi connectivity index (χ0n) is 15.9. The van der Waals surface area contributed by atoms with Gasteiger partial charge in [0.1, 0.15) is 0 Å². The van der Waals surface area contributed by atoms with Crippen LogP contribution in [-0.2, 0) is 4.79 Å². The van der Waals surface area contributed by atoms with Gasteiger partial charge < -0.3 is 20.4 Å². The van der Waals surface area contributed by atoms with Crippen molar-refractivity contribution in [3.8, 4) is 0 Å². The molecule has 3 amide bonds. The molecule has 0 saturated carbocycles. The first kappa shape index (κ1) is 19.2. The number of nitrogens with zero attached hydrogens (tertiary/aromatic N) is 3. The minimum absolute atomic E-state index is 0.116. The monoisotopic (exact) mass is 387 g/mol. The smallest absolute Gasteiger partial charge is 0.321 e. The third-order valence-corrected chi connectivity index (χ3v) is 5.48. The van der Waals surface area contributed by atoms with E-state index >= 15 is 0 Å². The largest absolute Gasteiger partial charge is 0.346 e. The molecule has 0 unspecified atom stereocenters. The van der Waals surface area contributed by atoms with Crippen molar-refractivity contribution in [1.29, 1.82) is 0 Å². The Labute approximate surface area is 163 Å². The maximum absolute atomic E-state index is 12.7.